The number of furan rings is 1. The summed E-state index contributed by atoms with van der Waals surface area (Å²) in [6.45, 7) is 0. The Morgan fingerprint density at radius 3 is 2.96 bits per heavy atom. The molecule has 2 aromatic heterocycles. The number of ketones is 1. The number of phenolic OH excluding ortho intramolecular Hbond substituents is 1. The fraction of sp³-hybridized carbons (Fsp3) is 0.211. The van der Waals surface area contributed by atoms with Gasteiger partial charge in [0.15, 0.2) is 5.78 Å². The first kappa shape index (κ1) is 14.9. The lowest BCUT2D eigenvalue weighted by atomic mass is 9.79. The zero-order valence-electron chi connectivity index (χ0n) is 13.8. The second kappa shape index (κ2) is 5.59. The van der Waals surface area contributed by atoms with Crippen LogP contribution in [0.25, 0.3) is 0 Å². The molecule has 0 saturated heterocycles. The molecule has 0 unspecified atom stereocenters. The maximum absolute atomic E-state index is 13.1. The number of fused-ring (bicyclic) bond motifs is 1. The van der Waals surface area contributed by atoms with E-state index in [1.54, 1.807) is 29.1 Å². The van der Waals surface area contributed by atoms with Crippen LogP contribution in [0.1, 0.15) is 36.1 Å². The number of hydrogen-bond donors (Lipinski definition) is 2. The van der Waals surface area contributed by atoms with Crippen LogP contribution in [0.2, 0.25) is 0 Å². The van der Waals surface area contributed by atoms with Crippen LogP contribution in [0.5, 0.6) is 5.75 Å². The fourth-order valence-corrected chi connectivity index (χ4v) is 3.88. The Labute approximate surface area is 149 Å². The first-order valence-corrected chi connectivity index (χ1v) is 8.46. The molecule has 0 radical (unpaired) electrons. The van der Waals surface area contributed by atoms with Gasteiger partial charge in [-0.2, -0.15) is 10.1 Å². The lowest BCUT2D eigenvalue weighted by Crippen LogP contribution is -2.33. The third-order valence-electron chi connectivity index (χ3n) is 4.99. The van der Waals surface area contributed by atoms with Gasteiger partial charge in [-0.25, -0.2) is 4.68 Å². The van der Waals surface area contributed by atoms with Gasteiger partial charge in [-0.1, -0.05) is 12.1 Å². The van der Waals surface area contributed by atoms with Crippen molar-refractivity contribution in [3.63, 3.8) is 0 Å². The lowest BCUT2D eigenvalue weighted by Gasteiger charge is -2.34. The minimum Gasteiger partial charge on any atom is -0.508 e. The van der Waals surface area contributed by atoms with Crippen LogP contribution in [0.4, 0.5) is 5.95 Å². The van der Waals surface area contributed by atoms with E-state index in [9.17, 15) is 9.90 Å². The molecule has 0 bridgehead atoms. The normalized spacial score (nSPS) is 21.9. The Morgan fingerprint density at radius 1 is 1.23 bits per heavy atom. The molecule has 3 heterocycles. The summed E-state index contributed by atoms with van der Waals surface area (Å²) in [5.74, 6) is 1.61. The number of nitrogens with zero attached hydrogens (tertiary/aromatic N) is 3. The van der Waals surface area contributed by atoms with Crippen LogP contribution in [0, 0.1) is 0 Å². The van der Waals surface area contributed by atoms with Crippen molar-refractivity contribution in [3.8, 4) is 5.75 Å². The minimum absolute atomic E-state index is 0.00282. The van der Waals surface area contributed by atoms with Gasteiger partial charge in [-0.15, -0.1) is 0 Å². The number of anilines is 1. The summed E-state index contributed by atoms with van der Waals surface area (Å²) < 4.78 is 7.21. The molecule has 130 valence electrons. The van der Waals surface area contributed by atoms with Crippen LogP contribution in [0.3, 0.4) is 0 Å². The highest BCUT2D eigenvalue weighted by Crippen LogP contribution is 2.44. The quantitative estimate of drug-likeness (QED) is 0.739. The Kier molecular flexibility index (Phi) is 3.21. The van der Waals surface area contributed by atoms with Crippen LogP contribution >= 0.6 is 0 Å². The second-order valence-electron chi connectivity index (χ2n) is 6.59. The van der Waals surface area contributed by atoms with E-state index >= 15 is 0 Å². The van der Waals surface area contributed by atoms with E-state index in [0.29, 0.717) is 24.4 Å². The van der Waals surface area contributed by atoms with Gasteiger partial charge in [0.1, 0.15) is 23.9 Å². The second-order valence-corrected chi connectivity index (χ2v) is 6.59. The minimum atomic E-state index is -0.402. The Morgan fingerprint density at radius 2 is 2.15 bits per heavy atom. The third-order valence-corrected chi connectivity index (χ3v) is 4.99. The van der Waals surface area contributed by atoms with E-state index < -0.39 is 6.04 Å². The van der Waals surface area contributed by atoms with Gasteiger partial charge >= 0.3 is 0 Å². The standard InChI is InChI=1S/C19H16N4O3/c24-13-4-1-3-11(7-13)18-17-14(22-19-20-10-21-23(18)19)8-12(9-15(17)25)16-5-2-6-26-16/h1-7,10,12,18,24H,8-9H2,(H,20,21,22)/t12-,18-/m0/s1. The molecular formula is C19H16N4O3. The van der Waals surface area contributed by atoms with Crippen molar-refractivity contribution in [2.45, 2.75) is 24.8 Å². The summed E-state index contributed by atoms with van der Waals surface area (Å²) in [7, 11) is 0. The Bertz CT molecular complexity index is 1020. The van der Waals surface area contributed by atoms with Crippen molar-refractivity contribution < 1.29 is 14.3 Å². The first-order chi connectivity index (χ1) is 12.7. The third kappa shape index (κ3) is 2.24. The number of benzene rings is 1. The van der Waals surface area contributed by atoms with Gasteiger partial charge < -0.3 is 14.8 Å². The topological polar surface area (TPSA) is 93.2 Å². The molecule has 0 fully saturated rings. The number of carbonyl (C=O) groups excluding carboxylic acids is 1. The largest absolute Gasteiger partial charge is 0.508 e. The van der Waals surface area contributed by atoms with E-state index in [-0.39, 0.29) is 17.5 Å². The molecule has 26 heavy (non-hydrogen) atoms. The number of nitrogens with one attached hydrogen (secondary N) is 1. The highest BCUT2D eigenvalue weighted by molar-refractivity contribution is 6.00. The molecule has 2 N–H and O–H groups in total. The number of rotatable bonds is 2. The maximum atomic E-state index is 13.1. The molecule has 1 aromatic carbocycles. The molecule has 1 aliphatic heterocycles. The molecule has 7 heteroatoms. The number of aromatic hydroxyl groups is 1. The van der Waals surface area contributed by atoms with Crippen molar-refractivity contribution in [1.29, 1.82) is 0 Å². The Hall–Kier alpha value is -3.35. The van der Waals surface area contributed by atoms with E-state index in [0.717, 1.165) is 17.0 Å². The lowest BCUT2D eigenvalue weighted by molar-refractivity contribution is -0.117. The van der Waals surface area contributed by atoms with Crippen molar-refractivity contribution in [2.24, 2.45) is 0 Å². The predicted octanol–water partition coefficient (Wildman–Crippen LogP) is 2.99. The number of aromatic nitrogens is 3. The summed E-state index contributed by atoms with van der Waals surface area (Å²) in [5, 5.41) is 17.5. The van der Waals surface area contributed by atoms with Gasteiger partial charge in [0.25, 0.3) is 0 Å². The fourth-order valence-electron chi connectivity index (χ4n) is 3.88. The maximum Gasteiger partial charge on any atom is 0.226 e. The number of phenols is 1. The molecule has 1 aliphatic carbocycles. The number of hydrogen-bond acceptors (Lipinski definition) is 6. The van der Waals surface area contributed by atoms with Crippen molar-refractivity contribution in [2.75, 3.05) is 5.32 Å². The zero-order valence-corrected chi connectivity index (χ0v) is 13.8. The van der Waals surface area contributed by atoms with E-state index in [1.165, 1.54) is 6.33 Å². The first-order valence-electron chi connectivity index (χ1n) is 8.46. The molecule has 0 amide bonds. The van der Waals surface area contributed by atoms with Crippen LogP contribution in [-0.2, 0) is 4.79 Å². The van der Waals surface area contributed by atoms with E-state index in [1.807, 2.05) is 18.2 Å². The van der Waals surface area contributed by atoms with E-state index in [4.69, 9.17) is 4.42 Å². The summed E-state index contributed by atoms with van der Waals surface area (Å²) in [4.78, 5) is 17.3. The highest BCUT2D eigenvalue weighted by atomic mass is 16.3. The van der Waals surface area contributed by atoms with Crippen molar-refractivity contribution in [1.82, 2.24) is 14.8 Å². The van der Waals surface area contributed by atoms with Crippen LogP contribution < -0.4 is 5.32 Å². The zero-order chi connectivity index (χ0) is 17.7. The predicted molar refractivity (Wildman–Crippen MR) is 92.6 cm³/mol. The SMILES string of the molecule is O=C1C[C@@H](c2ccco2)CC2=C1[C@H](c1cccc(O)c1)n1ncnc1N2. The molecule has 0 saturated carbocycles. The molecule has 7 nitrogen and oxygen atoms in total. The molecule has 0 spiro atoms. The molecular weight excluding hydrogens is 332 g/mol. The summed E-state index contributed by atoms with van der Waals surface area (Å²) in [6.07, 6.45) is 4.14. The number of Topliss-reactive ketones (excluding diaryl/α,β-unsaturated/α-hetero) is 1. The summed E-state index contributed by atoms with van der Waals surface area (Å²) in [6, 6.07) is 10.3. The Balaban J connectivity index is 1.63. The van der Waals surface area contributed by atoms with Gasteiger partial charge in [-0.3, -0.25) is 4.79 Å². The van der Waals surface area contributed by atoms with Gasteiger partial charge in [-0.05, 0) is 36.2 Å². The van der Waals surface area contributed by atoms with Gasteiger partial charge in [0, 0.05) is 23.6 Å². The average Bonchev–Trinajstić information content (AvgIpc) is 3.31. The average molecular weight is 348 g/mol. The molecule has 2 atom stereocenters. The van der Waals surface area contributed by atoms with Crippen LogP contribution in [-0.4, -0.2) is 25.7 Å². The van der Waals surface area contributed by atoms with Gasteiger partial charge in [0.05, 0.1) is 6.26 Å². The van der Waals surface area contributed by atoms with Crippen molar-refractivity contribution >= 4 is 11.7 Å². The number of carbonyl (C=O) groups is 1. The van der Waals surface area contributed by atoms with Gasteiger partial charge in [0.2, 0.25) is 5.95 Å². The molecule has 3 aromatic rings. The monoisotopic (exact) mass is 348 g/mol. The van der Waals surface area contributed by atoms with Crippen LogP contribution in [0.15, 0.2) is 64.7 Å². The smallest absolute Gasteiger partial charge is 0.226 e. The number of allylic oxidation sites excluding steroid dienone is 2. The molecule has 5 rings (SSSR count). The summed E-state index contributed by atoms with van der Waals surface area (Å²) >= 11 is 0. The van der Waals surface area contributed by atoms with E-state index in [2.05, 4.69) is 15.4 Å². The van der Waals surface area contributed by atoms with Crippen molar-refractivity contribution in [3.05, 3.63) is 71.6 Å². The molecule has 2 aliphatic rings. The summed E-state index contributed by atoms with van der Waals surface area (Å²) in [5.41, 5.74) is 2.32. The highest BCUT2D eigenvalue weighted by Gasteiger charge is 2.39.